The van der Waals surface area contributed by atoms with Crippen LogP contribution >= 0.6 is 11.3 Å². The highest BCUT2D eigenvalue weighted by molar-refractivity contribution is 7.16. The van der Waals surface area contributed by atoms with Gasteiger partial charge in [-0.1, -0.05) is 0 Å². The fourth-order valence-electron chi connectivity index (χ4n) is 2.60. The first-order valence-corrected chi connectivity index (χ1v) is 7.36. The van der Waals surface area contributed by atoms with Crippen molar-refractivity contribution in [3.63, 3.8) is 0 Å². The van der Waals surface area contributed by atoms with Crippen LogP contribution in [0.1, 0.15) is 18.7 Å². The molecule has 2 aromatic rings. The number of rotatable bonds is 1. The summed E-state index contributed by atoms with van der Waals surface area (Å²) in [7, 11) is 0. The molecule has 7 heteroatoms. The average Bonchev–Trinajstić information content (AvgIpc) is 2.85. The zero-order chi connectivity index (χ0) is 14.3. The van der Waals surface area contributed by atoms with Gasteiger partial charge >= 0.3 is 6.18 Å². The molecular weight excluding hydrogens is 287 g/mol. The number of aryl methyl sites for hydroxylation is 1. The highest BCUT2D eigenvalue weighted by Crippen LogP contribution is 2.36. The topological polar surface area (TPSA) is 29.0 Å². The van der Waals surface area contributed by atoms with Crippen molar-refractivity contribution in [2.45, 2.75) is 25.9 Å². The summed E-state index contributed by atoms with van der Waals surface area (Å²) in [5, 5.41) is 2.87. The second-order valence-electron chi connectivity index (χ2n) is 5.04. The molecule has 0 aromatic carbocycles. The van der Waals surface area contributed by atoms with Crippen LogP contribution in [0.2, 0.25) is 0 Å². The van der Waals surface area contributed by atoms with Gasteiger partial charge in [0, 0.05) is 13.1 Å². The van der Waals surface area contributed by atoms with Crippen molar-refractivity contribution in [3.05, 3.63) is 17.3 Å². The second-order valence-corrected chi connectivity index (χ2v) is 5.93. The van der Waals surface area contributed by atoms with Crippen LogP contribution in [-0.2, 0) is 0 Å². The standard InChI is InChI=1S/C13H14F3N3S/c1-8-17-11(10-4-7-20-12(10)18-8)19-5-2-9(3-6-19)13(14,15)16/h4,7,9H,2-3,5-6H2,1H3. The Hall–Kier alpha value is -1.37. The van der Waals surface area contributed by atoms with Crippen LogP contribution < -0.4 is 4.90 Å². The van der Waals surface area contributed by atoms with Crippen LogP contribution in [0.15, 0.2) is 11.4 Å². The number of halogens is 3. The van der Waals surface area contributed by atoms with Crippen molar-refractivity contribution in [3.8, 4) is 0 Å². The van der Waals surface area contributed by atoms with E-state index in [9.17, 15) is 13.2 Å². The Balaban J connectivity index is 1.85. The lowest BCUT2D eigenvalue weighted by molar-refractivity contribution is -0.179. The lowest BCUT2D eigenvalue weighted by Crippen LogP contribution is -2.39. The molecule has 3 nitrogen and oxygen atoms in total. The Bertz CT molecular complexity index is 615. The van der Waals surface area contributed by atoms with Crippen LogP contribution in [0.25, 0.3) is 10.2 Å². The third-order valence-electron chi connectivity index (χ3n) is 3.67. The minimum Gasteiger partial charge on any atom is -0.356 e. The quantitative estimate of drug-likeness (QED) is 0.802. The third-order valence-corrected chi connectivity index (χ3v) is 4.48. The van der Waals surface area contributed by atoms with Gasteiger partial charge in [0.25, 0.3) is 0 Å². The second kappa shape index (κ2) is 4.87. The summed E-state index contributed by atoms with van der Waals surface area (Å²) in [6.45, 7) is 2.60. The molecule has 0 atom stereocenters. The number of hydrogen-bond donors (Lipinski definition) is 0. The van der Waals surface area contributed by atoms with E-state index in [1.165, 1.54) is 11.3 Å². The molecule has 0 aliphatic carbocycles. The summed E-state index contributed by atoms with van der Waals surface area (Å²) in [6.07, 6.45) is -3.80. The van der Waals surface area contributed by atoms with Crippen molar-refractivity contribution >= 4 is 27.4 Å². The number of thiophene rings is 1. The van der Waals surface area contributed by atoms with Gasteiger partial charge in [0.2, 0.25) is 0 Å². The largest absolute Gasteiger partial charge is 0.391 e. The van der Waals surface area contributed by atoms with Gasteiger partial charge in [-0.15, -0.1) is 11.3 Å². The van der Waals surface area contributed by atoms with E-state index in [2.05, 4.69) is 9.97 Å². The zero-order valence-corrected chi connectivity index (χ0v) is 11.8. The fourth-order valence-corrected chi connectivity index (χ4v) is 3.41. The first kappa shape index (κ1) is 13.6. The highest BCUT2D eigenvalue weighted by atomic mass is 32.1. The van der Waals surface area contributed by atoms with Crippen LogP contribution in [0.4, 0.5) is 19.0 Å². The molecule has 0 N–H and O–H groups in total. The van der Waals surface area contributed by atoms with Gasteiger partial charge in [-0.3, -0.25) is 0 Å². The molecule has 0 radical (unpaired) electrons. The van der Waals surface area contributed by atoms with Crippen LogP contribution in [0, 0.1) is 12.8 Å². The normalized spacial score (nSPS) is 17.9. The Morgan fingerprint density at radius 2 is 1.95 bits per heavy atom. The molecule has 20 heavy (non-hydrogen) atoms. The third kappa shape index (κ3) is 2.46. The van der Waals surface area contributed by atoms with Crippen molar-refractivity contribution in [1.29, 1.82) is 0 Å². The van der Waals surface area contributed by atoms with Crippen LogP contribution in [0.5, 0.6) is 0 Å². The van der Waals surface area contributed by atoms with Gasteiger partial charge in [-0.05, 0) is 31.2 Å². The van der Waals surface area contributed by atoms with Crippen molar-refractivity contribution in [2.75, 3.05) is 18.0 Å². The SMILES string of the molecule is Cc1nc(N2CCC(C(F)(F)F)CC2)c2ccsc2n1. The molecule has 1 saturated heterocycles. The summed E-state index contributed by atoms with van der Waals surface area (Å²) in [4.78, 5) is 11.6. The van der Waals surface area contributed by atoms with Gasteiger partial charge in [0.1, 0.15) is 16.5 Å². The van der Waals surface area contributed by atoms with Gasteiger partial charge in [0.05, 0.1) is 11.3 Å². The van der Waals surface area contributed by atoms with Crippen LogP contribution in [0.3, 0.4) is 0 Å². The van der Waals surface area contributed by atoms with E-state index in [0.29, 0.717) is 18.9 Å². The molecule has 2 aromatic heterocycles. The molecule has 1 aliphatic rings. The number of fused-ring (bicyclic) bond motifs is 1. The first-order chi connectivity index (χ1) is 9.45. The predicted octanol–water partition coefficient (Wildman–Crippen LogP) is 3.78. The molecule has 0 spiro atoms. The van der Waals surface area contributed by atoms with E-state index >= 15 is 0 Å². The molecular formula is C13H14F3N3S. The maximum Gasteiger partial charge on any atom is 0.391 e. The number of alkyl halides is 3. The Morgan fingerprint density at radius 3 is 2.60 bits per heavy atom. The molecule has 3 heterocycles. The van der Waals surface area contributed by atoms with E-state index in [1.54, 1.807) is 0 Å². The predicted molar refractivity (Wildman–Crippen MR) is 73.1 cm³/mol. The van der Waals surface area contributed by atoms with E-state index < -0.39 is 12.1 Å². The van der Waals surface area contributed by atoms with Gasteiger partial charge in [0.15, 0.2) is 0 Å². The number of nitrogens with zero attached hydrogens (tertiary/aromatic N) is 3. The van der Waals surface area contributed by atoms with E-state index in [1.807, 2.05) is 23.3 Å². The summed E-state index contributed by atoms with van der Waals surface area (Å²) >= 11 is 1.53. The van der Waals surface area contributed by atoms with Gasteiger partial charge in [-0.2, -0.15) is 13.2 Å². The Labute approximate surface area is 118 Å². The molecule has 108 valence electrons. The molecule has 0 unspecified atom stereocenters. The summed E-state index contributed by atoms with van der Waals surface area (Å²) in [6, 6.07) is 1.94. The maximum atomic E-state index is 12.7. The maximum absolute atomic E-state index is 12.7. The zero-order valence-electron chi connectivity index (χ0n) is 10.9. The lowest BCUT2D eigenvalue weighted by Gasteiger charge is -2.34. The fraction of sp³-hybridized carbons (Fsp3) is 0.538. The summed E-state index contributed by atoms with van der Waals surface area (Å²) in [5.41, 5.74) is 0. The minimum atomic E-state index is -4.08. The minimum absolute atomic E-state index is 0.137. The summed E-state index contributed by atoms with van der Waals surface area (Å²) in [5.74, 6) is 0.252. The van der Waals surface area contributed by atoms with Gasteiger partial charge in [-0.25, -0.2) is 9.97 Å². The summed E-state index contributed by atoms with van der Waals surface area (Å²) < 4.78 is 38.1. The first-order valence-electron chi connectivity index (χ1n) is 6.48. The molecule has 1 fully saturated rings. The smallest absolute Gasteiger partial charge is 0.356 e. The van der Waals surface area contributed by atoms with Gasteiger partial charge < -0.3 is 4.90 Å². The Morgan fingerprint density at radius 1 is 1.25 bits per heavy atom. The van der Waals surface area contributed by atoms with Crippen LogP contribution in [-0.4, -0.2) is 29.2 Å². The van der Waals surface area contributed by atoms with Crippen molar-refractivity contribution in [1.82, 2.24) is 9.97 Å². The number of piperidine rings is 1. The Kier molecular flexibility index (Phi) is 3.32. The number of hydrogen-bond acceptors (Lipinski definition) is 4. The molecule has 0 amide bonds. The monoisotopic (exact) mass is 301 g/mol. The number of aromatic nitrogens is 2. The van der Waals surface area contributed by atoms with Crippen molar-refractivity contribution < 1.29 is 13.2 Å². The van der Waals surface area contributed by atoms with Crippen molar-refractivity contribution in [2.24, 2.45) is 5.92 Å². The van der Waals surface area contributed by atoms with E-state index in [4.69, 9.17) is 0 Å². The highest BCUT2D eigenvalue weighted by Gasteiger charge is 2.41. The molecule has 0 saturated carbocycles. The molecule has 3 rings (SSSR count). The van der Waals surface area contributed by atoms with E-state index in [0.717, 1.165) is 16.0 Å². The molecule has 1 aliphatic heterocycles. The molecule has 0 bridgehead atoms. The lowest BCUT2D eigenvalue weighted by atomic mass is 9.96. The van der Waals surface area contributed by atoms with E-state index in [-0.39, 0.29) is 12.8 Å². The number of anilines is 1. The average molecular weight is 301 g/mol.